The Morgan fingerprint density at radius 3 is 2.48 bits per heavy atom. The molecule has 2 aromatic rings. The van der Waals surface area contributed by atoms with Crippen molar-refractivity contribution in [3.05, 3.63) is 35.5 Å². The van der Waals surface area contributed by atoms with Gasteiger partial charge in [-0.1, -0.05) is 6.92 Å². The molecule has 4 nitrogen and oxygen atoms in total. The van der Waals surface area contributed by atoms with E-state index in [9.17, 15) is 13.2 Å². The first-order valence-electron chi connectivity index (χ1n) is 6.79. The first-order valence-corrected chi connectivity index (χ1v) is 6.79. The van der Waals surface area contributed by atoms with E-state index in [4.69, 9.17) is 4.42 Å². The molecule has 0 fully saturated rings. The van der Waals surface area contributed by atoms with Crippen molar-refractivity contribution in [2.45, 2.75) is 26.2 Å². The van der Waals surface area contributed by atoms with Crippen molar-refractivity contribution in [3.8, 4) is 11.5 Å². The van der Waals surface area contributed by atoms with Crippen molar-refractivity contribution < 1.29 is 17.6 Å². The van der Waals surface area contributed by atoms with Crippen LogP contribution in [0.1, 0.15) is 25.7 Å². The monoisotopic (exact) mass is 299 g/mol. The quantitative estimate of drug-likeness (QED) is 0.630. The Bertz CT molecular complexity index is 578. The highest BCUT2D eigenvalue weighted by molar-refractivity contribution is 5.52. The molecule has 7 heteroatoms. The number of aryl methyl sites for hydroxylation is 1. The van der Waals surface area contributed by atoms with Gasteiger partial charge < -0.3 is 9.73 Å². The van der Waals surface area contributed by atoms with Crippen LogP contribution in [0.15, 0.2) is 16.5 Å². The lowest BCUT2D eigenvalue weighted by atomic mass is 10.2. The summed E-state index contributed by atoms with van der Waals surface area (Å²) in [4.78, 5) is 0. The van der Waals surface area contributed by atoms with Crippen LogP contribution >= 0.6 is 0 Å². The van der Waals surface area contributed by atoms with Crippen molar-refractivity contribution in [1.29, 1.82) is 0 Å². The molecule has 114 valence electrons. The summed E-state index contributed by atoms with van der Waals surface area (Å²) in [6.07, 6.45) is 2.44. The predicted octanol–water partition coefficient (Wildman–Crippen LogP) is 3.09. The number of nitrogens with zero attached hydrogens (tertiary/aromatic N) is 2. The van der Waals surface area contributed by atoms with E-state index in [1.807, 2.05) is 0 Å². The highest BCUT2D eigenvalue weighted by Gasteiger charge is 2.15. The van der Waals surface area contributed by atoms with Gasteiger partial charge in [-0.05, 0) is 38.1 Å². The fourth-order valence-electron chi connectivity index (χ4n) is 1.82. The standard InChI is InChI=1S/C14H16F3N3O/c1-2-5-18-6-3-4-12-19-20-14(21-12)9-7-10(15)13(17)11(16)8-9/h7-8,18H,2-6H2,1H3. The molecule has 21 heavy (non-hydrogen) atoms. The van der Waals surface area contributed by atoms with Gasteiger partial charge >= 0.3 is 0 Å². The molecule has 0 aliphatic heterocycles. The zero-order valence-electron chi connectivity index (χ0n) is 11.6. The van der Waals surface area contributed by atoms with Crippen LogP contribution in [-0.2, 0) is 6.42 Å². The number of hydrogen-bond acceptors (Lipinski definition) is 4. The van der Waals surface area contributed by atoms with E-state index in [-0.39, 0.29) is 11.5 Å². The molecule has 0 aliphatic carbocycles. The van der Waals surface area contributed by atoms with Crippen molar-refractivity contribution in [3.63, 3.8) is 0 Å². The predicted molar refractivity (Wildman–Crippen MR) is 71.1 cm³/mol. The third kappa shape index (κ3) is 4.04. The SMILES string of the molecule is CCCNCCCc1nnc(-c2cc(F)c(F)c(F)c2)o1. The molecule has 0 bridgehead atoms. The molecule has 0 unspecified atom stereocenters. The Labute approximate surface area is 120 Å². The fourth-order valence-corrected chi connectivity index (χ4v) is 1.82. The summed E-state index contributed by atoms with van der Waals surface area (Å²) in [6.45, 7) is 3.85. The van der Waals surface area contributed by atoms with Gasteiger partial charge in [0.1, 0.15) is 0 Å². The average Bonchev–Trinajstić information content (AvgIpc) is 2.93. The Kier molecular flexibility index (Phi) is 5.32. The van der Waals surface area contributed by atoms with Crippen LogP contribution in [0.25, 0.3) is 11.5 Å². The van der Waals surface area contributed by atoms with E-state index in [0.29, 0.717) is 12.3 Å². The van der Waals surface area contributed by atoms with Crippen LogP contribution in [0.5, 0.6) is 0 Å². The van der Waals surface area contributed by atoms with Crippen LogP contribution in [0.2, 0.25) is 0 Å². The molecule has 0 saturated carbocycles. The van der Waals surface area contributed by atoms with Crippen LogP contribution < -0.4 is 5.32 Å². The maximum atomic E-state index is 13.1. The third-order valence-corrected chi connectivity index (χ3v) is 2.87. The van der Waals surface area contributed by atoms with Gasteiger partial charge in [-0.2, -0.15) is 0 Å². The second kappa shape index (κ2) is 7.21. The summed E-state index contributed by atoms with van der Waals surface area (Å²) in [5, 5.41) is 10.8. The van der Waals surface area contributed by atoms with E-state index in [1.165, 1.54) is 0 Å². The van der Waals surface area contributed by atoms with Crippen LogP contribution in [0, 0.1) is 17.5 Å². The zero-order chi connectivity index (χ0) is 15.2. The first-order chi connectivity index (χ1) is 10.1. The molecule has 0 saturated heterocycles. The summed E-state index contributed by atoms with van der Waals surface area (Å²) >= 11 is 0. The van der Waals surface area contributed by atoms with Crippen LogP contribution in [0.3, 0.4) is 0 Å². The van der Waals surface area contributed by atoms with Crippen molar-refractivity contribution in [1.82, 2.24) is 15.5 Å². The number of benzene rings is 1. The number of rotatable bonds is 7. The lowest BCUT2D eigenvalue weighted by Crippen LogP contribution is -2.16. The normalized spacial score (nSPS) is 11.0. The number of nitrogens with one attached hydrogen (secondary N) is 1. The summed E-state index contributed by atoms with van der Waals surface area (Å²) in [7, 11) is 0. The molecule has 0 radical (unpaired) electrons. The molecule has 1 aromatic carbocycles. The summed E-state index contributed by atoms with van der Waals surface area (Å²) in [5.74, 6) is -3.72. The van der Waals surface area contributed by atoms with Gasteiger partial charge in [-0.15, -0.1) is 10.2 Å². The topological polar surface area (TPSA) is 51.0 Å². The van der Waals surface area contributed by atoms with E-state index >= 15 is 0 Å². The third-order valence-electron chi connectivity index (χ3n) is 2.87. The highest BCUT2D eigenvalue weighted by Crippen LogP contribution is 2.22. The molecule has 1 aromatic heterocycles. The molecule has 0 atom stereocenters. The zero-order valence-corrected chi connectivity index (χ0v) is 11.6. The fraction of sp³-hybridized carbons (Fsp3) is 0.429. The van der Waals surface area contributed by atoms with Crippen molar-refractivity contribution >= 4 is 0 Å². The minimum absolute atomic E-state index is 0.0225. The van der Waals surface area contributed by atoms with Crippen molar-refractivity contribution in [2.24, 2.45) is 0 Å². The second-order valence-electron chi connectivity index (χ2n) is 4.61. The Balaban J connectivity index is 1.99. The van der Waals surface area contributed by atoms with E-state index in [0.717, 1.165) is 38.1 Å². The Morgan fingerprint density at radius 2 is 1.81 bits per heavy atom. The molecular formula is C14H16F3N3O. The molecule has 1 N–H and O–H groups in total. The maximum absolute atomic E-state index is 13.1. The van der Waals surface area contributed by atoms with Gasteiger partial charge in [-0.25, -0.2) is 13.2 Å². The molecule has 0 spiro atoms. The Morgan fingerprint density at radius 1 is 1.10 bits per heavy atom. The number of aromatic nitrogens is 2. The summed E-state index contributed by atoms with van der Waals surface area (Å²) in [5.41, 5.74) is 0.0225. The lowest BCUT2D eigenvalue weighted by molar-refractivity contribution is 0.445. The van der Waals surface area contributed by atoms with Gasteiger partial charge in [-0.3, -0.25) is 0 Å². The molecule has 1 heterocycles. The summed E-state index contributed by atoms with van der Waals surface area (Å²) < 4.78 is 44.5. The second-order valence-corrected chi connectivity index (χ2v) is 4.61. The molecule has 0 amide bonds. The van der Waals surface area contributed by atoms with Gasteiger partial charge in [0, 0.05) is 12.0 Å². The minimum atomic E-state index is -1.51. The van der Waals surface area contributed by atoms with Crippen molar-refractivity contribution in [2.75, 3.05) is 13.1 Å². The molecular weight excluding hydrogens is 283 g/mol. The van der Waals surface area contributed by atoms with Gasteiger partial charge in [0.25, 0.3) is 0 Å². The smallest absolute Gasteiger partial charge is 0.247 e. The average molecular weight is 299 g/mol. The van der Waals surface area contributed by atoms with E-state index < -0.39 is 17.5 Å². The largest absolute Gasteiger partial charge is 0.421 e. The maximum Gasteiger partial charge on any atom is 0.247 e. The van der Waals surface area contributed by atoms with E-state index in [2.05, 4.69) is 22.4 Å². The molecule has 2 rings (SSSR count). The van der Waals surface area contributed by atoms with Crippen LogP contribution in [-0.4, -0.2) is 23.3 Å². The number of halogens is 3. The molecule has 0 aliphatic rings. The highest BCUT2D eigenvalue weighted by atomic mass is 19.2. The Hall–Kier alpha value is -1.89. The summed E-state index contributed by atoms with van der Waals surface area (Å²) in [6, 6.07) is 1.66. The minimum Gasteiger partial charge on any atom is -0.421 e. The lowest BCUT2D eigenvalue weighted by Gasteiger charge is -2.00. The van der Waals surface area contributed by atoms with Gasteiger partial charge in [0.15, 0.2) is 17.5 Å². The van der Waals surface area contributed by atoms with E-state index in [1.54, 1.807) is 0 Å². The van der Waals surface area contributed by atoms with Gasteiger partial charge in [0.05, 0.1) is 0 Å². The van der Waals surface area contributed by atoms with Crippen LogP contribution in [0.4, 0.5) is 13.2 Å². The first kappa shape index (κ1) is 15.5. The van der Waals surface area contributed by atoms with Gasteiger partial charge in [0.2, 0.25) is 11.8 Å². The number of hydrogen-bond donors (Lipinski definition) is 1.